The molecule has 0 saturated carbocycles. The molecule has 1 unspecified atom stereocenters. The van der Waals surface area contributed by atoms with Crippen molar-refractivity contribution in [1.82, 2.24) is 4.98 Å². The summed E-state index contributed by atoms with van der Waals surface area (Å²) in [4.78, 5) is 16.3. The zero-order chi connectivity index (χ0) is 18.2. The Labute approximate surface area is 152 Å². The van der Waals surface area contributed by atoms with Crippen LogP contribution in [-0.4, -0.2) is 17.0 Å². The summed E-state index contributed by atoms with van der Waals surface area (Å²) in [7, 11) is 0. The predicted octanol–water partition coefficient (Wildman–Crippen LogP) is 4.42. The van der Waals surface area contributed by atoms with Crippen LogP contribution in [0, 0.1) is 0 Å². The molecule has 0 aliphatic heterocycles. The van der Waals surface area contributed by atoms with Crippen molar-refractivity contribution in [2.45, 2.75) is 19.6 Å². The van der Waals surface area contributed by atoms with E-state index in [-0.39, 0.29) is 5.91 Å². The van der Waals surface area contributed by atoms with Gasteiger partial charge in [0.05, 0.1) is 6.61 Å². The molecule has 0 aliphatic carbocycles. The monoisotopic (exact) mass is 348 g/mol. The van der Waals surface area contributed by atoms with E-state index in [1.165, 1.54) is 0 Å². The number of nitrogens with one attached hydrogen (secondary N) is 1. The van der Waals surface area contributed by atoms with Crippen LogP contribution in [0.5, 0.6) is 11.5 Å². The molecule has 5 heteroatoms. The minimum Gasteiger partial charge on any atom is -0.457 e. The predicted molar refractivity (Wildman–Crippen MR) is 100 cm³/mol. The first kappa shape index (κ1) is 17.6. The molecule has 0 aliphatic rings. The quantitative estimate of drug-likeness (QED) is 0.687. The summed E-state index contributed by atoms with van der Waals surface area (Å²) in [5.74, 6) is 1.11. The first-order valence-electron chi connectivity index (χ1n) is 8.35. The van der Waals surface area contributed by atoms with Gasteiger partial charge in [0.25, 0.3) is 5.91 Å². The molecule has 1 atom stereocenters. The number of nitrogens with zero attached hydrogens (tertiary/aromatic N) is 1. The normalized spacial score (nSPS) is 11.6. The number of amides is 1. The molecule has 3 rings (SSSR count). The SMILES string of the molecule is CC(OCc1ccccc1)C(=O)Nc1cccc(Oc2ccncc2)c1. The molecule has 26 heavy (non-hydrogen) atoms. The fourth-order valence-electron chi connectivity index (χ4n) is 2.29. The molecule has 5 nitrogen and oxygen atoms in total. The summed E-state index contributed by atoms with van der Waals surface area (Å²) in [5.41, 5.74) is 1.68. The van der Waals surface area contributed by atoms with E-state index in [2.05, 4.69) is 10.3 Å². The number of benzene rings is 2. The topological polar surface area (TPSA) is 60.5 Å². The highest BCUT2D eigenvalue weighted by Gasteiger charge is 2.14. The molecule has 1 N–H and O–H groups in total. The summed E-state index contributed by atoms with van der Waals surface area (Å²) in [6, 6.07) is 20.5. The Bertz CT molecular complexity index is 838. The third kappa shape index (κ3) is 5.16. The van der Waals surface area contributed by atoms with Crippen LogP contribution in [0.3, 0.4) is 0 Å². The van der Waals surface area contributed by atoms with Gasteiger partial charge in [-0.25, -0.2) is 0 Å². The van der Waals surface area contributed by atoms with Gasteiger partial charge in [0.2, 0.25) is 0 Å². The van der Waals surface area contributed by atoms with Crippen molar-refractivity contribution in [3.05, 3.63) is 84.7 Å². The van der Waals surface area contributed by atoms with Crippen molar-refractivity contribution in [2.24, 2.45) is 0 Å². The highest BCUT2D eigenvalue weighted by molar-refractivity contribution is 5.94. The maximum atomic E-state index is 12.3. The van der Waals surface area contributed by atoms with Crippen LogP contribution in [-0.2, 0) is 16.1 Å². The Hall–Kier alpha value is -3.18. The molecule has 132 valence electrons. The van der Waals surface area contributed by atoms with Gasteiger partial charge in [-0.05, 0) is 36.8 Å². The molecular weight excluding hydrogens is 328 g/mol. The van der Waals surface area contributed by atoms with Crippen molar-refractivity contribution >= 4 is 11.6 Å². The van der Waals surface area contributed by atoms with Crippen LogP contribution in [0.25, 0.3) is 0 Å². The average Bonchev–Trinajstić information content (AvgIpc) is 2.68. The van der Waals surface area contributed by atoms with Gasteiger partial charge in [0.15, 0.2) is 0 Å². The summed E-state index contributed by atoms with van der Waals surface area (Å²) < 4.78 is 11.4. The number of hydrogen-bond donors (Lipinski definition) is 1. The minimum atomic E-state index is -0.569. The fourth-order valence-corrected chi connectivity index (χ4v) is 2.29. The zero-order valence-electron chi connectivity index (χ0n) is 14.5. The molecule has 0 spiro atoms. The summed E-state index contributed by atoms with van der Waals surface area (Å²) >= 11 is 0. The lowest BCUT2D eigenvalue weighted by Gasteiger charge is -2.14. The van der Waals surface area contributed by atoms with Gasteiger partial charge >= 0.3 is 0 Å². The van der Waals surface area contributed by atoms with E-state index in [4.69, 9.17) is 9.47 Å². The lowest BCUT2D eigenvalue weighted by molar-refractivity contribution is -0.127. The maximum absolute atomic E-state index is 12.3. The molecule has 2 aromatic carbocycles. The number of rotatable bonds is 7. The van der Waals surface area contributed by atoms with E-state index in [0.29, 0.717) is 23.8 Å². The van der Waals surface area contributed by atoms with E-state index in [1.807, 2.05) is 42.5 Å². The van der Waals surface area contributed by atoms with Gasteiger partial charge in [-0.15, -0.1) is 0 Å². The second kappa shape index (κ2) is 8.78. The molecule has 0 saturated heterocycles. The fraction of sp³-hybridized carbons (Fsp3) is 0.143. The molecule has 0 radical (unpaired) electrons. The second-order valence-electron chi connectivity index (χ2n) is 5.74. The first-order chi connectivity index (χ1) is 12.7. The number of aromatic nitrogens is 1. The van der Waals surface area contributed by atoms with Crippen LogP contribution in [0.2, 0.25) is 0 Å². The molecule has 1 amide bonds. The van der Waals surface area contributed by atoms with Crippen LogP contribution in [0.4, 0.5) is 5.69 Å². The number of pyridine rings is 1. The Kier molecular flexibility index (Phi) is 5.96. The van der Waals surface area contributed by atoms with Crippen LogP contribution < -0.4 is 10.1 Å². The number of hydrogen-bond acceptors (Lipinski definition) is 4. The minimum absolute atomic E-state index is 0.206. The lowest BCUT2D eigenvalue weighted by atomic mass is 10.2. The average molecular weight is 348 g/mol. The number of ether oxygens (including phenoxy) is 2. The second-order valence-corrected chi connectivity index (χ2v) is 5.74. The van der Waals surface area contributed by atoms with E-state index >= 15 is 0 Å². The van der Waals surface area contributed by atoms with E-state index in [9.17, 15) is 4.79 Å². The summed E-state index contributed by atoms with van der Waals surface area (Å²) in [6.07, 6.45) is 2.75. The highest BCUT2D eigenvalue weighted by Crippen LogP contribution is 2.23. The number of anilines is 1. The van der Waals surface area contributed by atoms with E-state index in [1.54, 1.807) is 43.6 Å². The Morgan fingerprint density at radius 1 is 1.00 bits per heavy atom. The van der Waals surface area contributed by atoms with Crippen LogP contribution in [0.15, 0.2) is 79.1 Å². The molecule has 1 heterocycles. The standard InChI is InChI=1S/C21H20N2O3/c1-16(25-15-17-6-3-2-4-7-17)21(24)23-18-8-5-9-20(14-18)26-19-10-12-22-13-11-19/h2-14,16H,15H2,1H3,(H,23,24). The third-order valence-corrected chi connectivity index (χ3v) is 3.70. The number of carbonyl (C=O) groups is 1. The zero-order valence-corrected chi connectivity index (χ0v) is 14.5. The van der Waals surface area contributed by atoms with Gasteiger partial charge in [-0.1, -0.05) is 36.4 Å². The largest absolute Gasteiger partial charge is 0.457 e. The van der Waals surface area contributed by atoms with Gasteiger partial charge < -0.3 is 14.8 Å². The van der Waals surface area contributed by atoms with Gasteiger partial charge in [0.1, 0.15) is 17.6 Å². The van der Waals surface area contributed by atoms with Crippen molar-refractivity contribution < 1.29 is 14.3 Å². The Morgan fingerprint density at radius 3 is 2.54 bits per heavy atom. The van der Waals surface area contributed by atoms with Gasteiger partial charge in [-0.2, -0.15) is 0 Å². The van der Waals surface area contributed by atoms with E-state index < -0.39 is 6.10 Å². The molecule has 1 aromatic heterocycles. The summed E-state index contributed by atoms with van der Waals surface area (Å²) in [6.45, 7) is 2.12. The Morgan fingerprint density at radius 2 is 1.77 bits per heavy atom. The lowest BCUT2D eigenvalue weighted by Crippen LogP contribution is -2.27. The Balaban J connectivity index is 1.56. The van der Waals surface area contributed by atoms with Crippen molar-refractivity contribution in [3.63, 3.8) is 0 Å². The van der Waals surface area contributed by atoms with E-state index in [0.717, 1.165) is 5.56 Å². The van der Waals surface area contributed by atoms with Crippen molar-refractivity contribution in [1.29, 1.82) is 0 Å². The first-order valence-corrected chi connectivity index (χ1v) is 8.35. The molecular formula is C21H20N2O3. The molecule has 0 fully saturated rings. The smallest absolute Gasteiger partial charge is 0.253 e. The molecule has 0 bridgehead atoms. The highest BCUT2D eigenvalue weighted by atomic mass is 16.5. The van der Waals surface area contributed by atoms with Gasteiger partial charge in [-0.3, -0.25) is 9.78 Å². The maximum Gasteiger partial charge on any atom is 0.253 e. The van der Waals surface area contributed by atoms with Crippen LogP contribution >= 0.6 is 0 Å². The van der Waals surface area contributed by atoms with Gasteiger partial charge in [0, 0.05) is 24.1 Å². The summed E-state index contributed by atoms with van der Waals surface area (Å²) in [5, 5.41) is 2.85. The van der Waals surface area contributed by atoms with Crippen molar-refractivity contribution in [2.75, 3.05) is 5.32 Å². The third-order valence-electron chi connectivity index (χ3n) is 3.70. The van der Waals surface area contributed by atoms with Crippen molar-refractivity contribution in [3.8, 4) is 11.5 Å². The van der Waals surface area contributed by atoms with Crippen LogP contribution in [0.1, 0.15) is 12.5 Å². The molecule has 3 aromatic rings. The number of carbonyl (C=O) groups excluding carboxylic acids is 1.